The van der Waals surface area contributed by atoms with E-state index < -0.39 is 12.1 Å². The molecule has 3 saturated heterocycles. The van der Waals surface area contributed by atoms with Gasteiger partial charge in [-0.05, 0) is 56.8 Å². The Balaban J connectivity index is 1.33. The number of carbonyl (C=O) groups excluding carboxylic acids is 1. The molecule has 5 heterocycles. The van der Waals surface area contributed by atoms with Crippen molar-refractivity contribution in [3.63, 3.8) is 0 Å². The SMILES string of the molecule is C[C@@H]1CCC[C@H](n2cnc(-c3cc(Cl)ccc3-n3cc(C(F)F)nn3)cc2=O)C2CC(CCN2)N2NCCC2NC1=O. The lowest BCUT2D eigenvalue weighted by Crippen LogP contribution is -2.58. The molecular formula is C28H34ClF2N9O2. The Morgan fingerprint density at radius 2 is 1.95 bits per heavy atom. The van der Waals surface area contributed by atoms with Gasteiger partial charge in [0.25, 0.3) is 12.0 Å². The van der Waals surface area contributed by atoms with Crippen LogP contribution < -0.4 is 21.6 Å². The molecular weight excluding hydrogens is 568 g/mol. The number of piperidine rings is 1. The van der Waals surface area contributed by atoms with Crippen molar-refractivity contribution in [2.45, 2.75) is 76.2 Å². The molecule has 3 unspecified atom stereocenters. The second-order valence-corrected chi connectivity index (χ2v) is 11.8. The van der Waals surface area contributed by atoms with Gasteiger partial charge in [-0.1, -0.05) is 30.2 Å². The van der Waals surface area contributed by atoms with Crippen LogP contribution in [0.4, 0.5) is 8.78 Å². The van der Waals surface area contributed by atoms with Crippen LogP contribution in [0.15, 0.2) is 41.6 Å². The number of rotatable bonds is 4. The standard InChI is InChI=1S/C28H34ClF2N9O2/c1-16-3-2-4-24(21-12-18(7-9-32-21)40-25(8-10-34-40)35-28(16)42)38-15-33-20(13-26(38)41)19-11-17(29)5-6-23(19)39-14-22(27(30)31)36-37-39/h5-6,11,13-16,18,21,24-25,27,32,34H,2-4,7-10,12H2,1H3,(H,35,42)/t16-,18?,21?,24+,25?/m1/s1. The molecule has 6 rings (SSSR count). The number of halogens is 3. The van der Waals surface area contributed by atoms with Gasteiger partial charge in [0, 0.05) is 41.2 Å². The molecule has 2 aromatic heterocycles. The van der Waals surface area contributed by atoms with E-state index in [0.717, 1.165) is 45.0 Å². The fourth-order valence-electron chi connectivity index (χ4n) is 6.40. The summed E-state index contributed by atoms with van der Waals surface area (Å²) in [5.41, 5.74) is 4.02. The first-order chi connectivity index (χ1) is 20.3. The van der Waals surface area contributed by atoms with Gasteiger partial charge in [0.1, 0.15) is 5.69 Å². The highest BCUT2D eigenvalue weighted by Crippen LogP contribution is 2.31. The zero-order valence-corrected chi connectivity index (χ0v) is 24.0. The van der Waals surface area contributed by atoms with Crippen LogP contribution in [-0.4, -0.2) is 66.8 Å². The number of aromatic nitrogens is 5. The average Bonchev–Trinajstić information content (AvgIpc) is 3.66. The molecule has 0 aliphatic carbocycles. The Morgan fingerprint density at radius 3 is 2.74 bits per heavy atom. The first-order valence-corrected chi connectivity index (χ1v) is 14.8. The minimum atomic E-state index is -2.76. The number of hydrazine groups is 1. The lowest BCUT2D eigenvalue weighted by molar-refractivity contribution is -0.127. The minimum Gasteiger partial charge on any atom is -0.339 e. The summed E-state index contributed by atoms with van der Waals surface area (Å²) in [5.74, 6) is -0.0777. The highest BCUT2D eigenvalue weighted by Gasteiger charge is 2.38. The molecule has 5 atom stereocenters. The molecule has 0 saturated carbocycles. The number of benzene rings is 1. The van der Waals surface area contributed by atoms with Crippen LogP contribution in [0.1, 0.15) is 63.6 Å². The Hall–Kier alpha value is -3.26. The minimum absolute atomic E-state index is 0.0345. The molecule has 14 heteroatoms. The van der Waals surface area contributed by atoms with E-state index in [9.17, 15) is 18.4 Å². The summed E-state index contributed by atoms with van der Waals surface area (Å²) in [7, 11) is 0. The normalized spacial score (nSPS) is 27.3. The molecule has 42 heavy (non-hydrogen) atoms. The molecule has 11 nitrogen and oxygen atoms in total. The quantitative estimate of drug-likeness (QED) is 0.417. The maximum atomic E-state index is 13.7. The van der Waals surface area contributed by atoms with Crippen molar-refractivity contribution in [1.29, 1.82) is 0 Å². The van der Waals surface area contributed by atoms with Gasteiger partial charge in [0.2, 0.25) is 5.91 Å². The monoisotopic (exact) mass is 601 g/mol. The summed E-state index contributed by atoms with van der Waals surface area (Å²) in [5, 5.41) is 16.9. The summed E-state index contributed by atoms with van der Waals surface area (Å²) in [6.45, 7) is 3.56. The van der Waals surface area contributed by atoms with E-state index in [1.165, 1.54) is 10.7 Å². The van der Waals surface area contributed by atoms with E-state index in [2.05, 4.69) is 36.4 Å². The largest absolute Gasteiger partial charge is 0.339 e. The molecule has 1 aromatic carbocycles. The van der Waals surface area contributed by atoms with Gasteiger partial charge in [-0.3, -0.25) is 19.6 Å². The fraction of sp³-hybridized carbons (Fsp3) is 0.536. The van der Waals surface area contributed by atoms with Crippen molar-refractivity contribution in [1.82, 2.24) is 45.6 Å². The molecule has 3 aliphatic heterocycles. The molecule has 0 radical (unpaired) electrons. The second-order valence-electron chi connectivity index (χ2n) is 11.3. The maximum absolute atomic E-state index is 13.7. The van der Waals surface area contributed by atoms with E-state index in [0.29, 0.717) is 34.8 Å². The van der Waals surface area contributed by atoms with E-state index in [4.69, 9.17) is 11.6 Å². The van der Waals surface area contributed by atoms with Crippen molar-refractivity contribution in [2.75, 3.05) is 13.1 Å². The van der Waals surface area contributed by atoms with Crippen LogP contribution >= 0.6 is 11.6 Å². The number of carbonyl (C=O) groups is 1. The van der Waals surface area contributed by atoms with Crippen LogP contribution in [0.5, 0.6) is 0 Å². The zero-order valence-electron chi connectivity index (χ0n) is 23.2. The van der Waals surface area contributed by atoms with Crippen molar-refractivity contribution < 1.29 is 13.6 Å². The number of hydrogen-bond acceptors (Lipinski definition) is 8. The van der Waals surface area contributed by atoms with E-state index in [-0.39, 0.29) is 41.7 Å². The van der Waals surface area contributed by atoms with Crippen LogP contribution in [-0.2, 0) is 4.79 Å². The topological polar surface area (TPSA) is 122 Å². The smallest absolute Gasteiger partial charge is 0.283 e. The molecule has 2 bridgehead atoms. The molecule has 3 fully saturated rings. The number of amides is 1. The number of nitrogens with zero attached hydrogens (tertiary/aromatic N) is 6. The Bertz CT molecular complexity index is 1500. The van der Waals surface area contributed by atoms with E-state index in [1.54, 1.807) is 29.1 Å². The van der Waals surface area contributed by atoms with Crippen LogP contribution in [0.25, 0.3) is 16.9 Å². The van der Waals surface area contributed by atoms with Crippen molar-refractivity contribution in [3.05, 3.63) is 57.9 Å². The third kappa shape index (κ3) is 5.83. The van der Waals surface area contributed by atoms with Crippen LogP contribution in [0, 0.1) is 5.92 Å². The zero-order chi connectivity index (χ0) is 29.4. The number of hydrogen-bond donors (Lipinski definition) is 3. The van der Waals surface area contributed by atoms with E-state index >= 15 is 0 Å². The lowest BCUT2D eigenvalue weighted by Gasteiger charge is -2.42. The van der Waals surface area contributed by atoms with Crippen molar-refractivity contribution in [3.8, 4) is 16.9 Å². The highest BCUT2D eigenvalue weighted by molar-refractivity contribution is 6.31. The van der Waals surface area contributed by atoms with Crippen LogP contribution in [0.3, 0.4) is 0 Å². The van der Waals surface area contributed by atoms with Gasteiger partial charge in [-0.2, -0.15) is 0 Å². The fourth-order valence-corrected chi connectivity index (χ4v) is 6.57. The predicted molar refractivity (Wildman–Crippen MR) is 152 cm³/mol. The summed E-state index contributed by atoms with van der Waals surface area (Å²) >= 11 is 6.29. The van der Waals surface area contributed by atoms with Gasteiger partial charge < -0.3 is 10.6 Å². The van der Waals surface area contributed by atoms with Crippen LogP contribution in [0.2, 0.25) is 5.02 Å². The molecule has 224 valence electrons. The summed E-state index contributed by atoms with van der Waals surface area (Å²) in [6, 6.07) is 6.39. The third-order valence-corrected chi connectivity index (χ3v) is 8.85. The van der Waals surface area contributed by atoms with Crippen molar-refractivity contribution in [2.24, 2.45) is 5.92 Å². The number of alkyl halides is 2. The summed E-state index contributed by atoms with van der Waals surface area (Å²) in [4.78, 5) is 31.3. The average molecular weight is 602 g/mol. The Morgan fingerprint density at radius 1 is 1.10 bits per heavy atom. The summed E-state index contributed by atoms with van der Waals surface area (Å²) < 4.78 is 29.3. The lowest BCUT2D eigenvalue weighted by atomic mass is 9.89. The summed E-state index contributed by atoms with van der Waals surface area (Å²) in [6.07, 6.45) is 4.69. The predicted octanol–water partition coefficient (Wildman–Crippen LogP) is 3.22. The van der Waals surface area contributed by atoms with E-state index in [1.807, 2.05) is 6.92 Å². The molecule has 3 N–H and O–H groups in total. The third-order valence-electron chi connectivity index (χ3n) is 8.62. The maximum Gasteiger partial charge on any atom is 0.283 e. The Labute approximate surface area is 246 Å². The number of fused-ring (bicyclic) bond motifs is 4. The highest BCUT2D eigenvalue weighted by atomic mass is 35.5. The Kier molecular flexibility index (Phi) is 8.35. The molecule has 3 aromatic rings. The number of nitrogens with one attached hydrogen (secondary N) is 3. The molecule has 0 spiro atoms. The van der Waals surface area contributed by atoms with Gasteiger partial charge in [-0.25, -0.2) is 23.5 Å². The van der Waals surface area contributed by atoms with Gasteiger partial charge in [0.15, 0.2) is 0 Å². The van der Waals surface area contributed by atoms with Gasteiger partial charge >= 0.3 is 0 Å². The van der Waals surface area contributed by atoms with Gasteiger partial charge in [0.05, 0.1) is 36.1 Å². The first-order valence-electron chi connectivity index (χ1n) is 14.4. The molecule has 3 aliphatic rings. The van der Waals surface area contributed by atoms with Gasteiger partial charge in [-0.15, -0.1) is 5.10 Å². The molecule has 1 amide bonds. The van der Waals surface area contributed by atoms with Crippen molar-refractivity contribution >= 4 is 17.5 Å². The first kappa shape index (κ1) is 28.8. The second kappa shape index (κ2) is 12.2.